The Balaban J connectivity index is 0.000000123. The summed E-state index contributed by atoms with van der Waals surface area (Å²) in [7, 11) is 11.0. The van der Waals surface area contributed by atoms with Crippen LogP contribution in [0, 0.1) is 41.5 Å². The van der Waals surface area contributed by atoms with Crippen molar-refractivity contribution in [1.82, 2.24) is 76.0 Å². The molecule has 0 aliphatic carbocycles. The van der Waals surface area contributed by atoms with Gasteiger partial charge in [0.05, 0.1) is 28.5 Å². The topological polar surface area (TPSA) is 157 Å². The van der Waals surface area contributed by atoms with E-state index in [0.717, 1.165) is 147 Å². The van der Waals surface area contributed by atoms with Crippen LogP contribution in [0.3, 0.4) is 0 Å². The van der Waals surface area contributed by atoms with Crippen molar-refractivity contribution in [2.45, 2.75) is 266 Å². The number of benzene rings is 5. The molecule has 20 nitrogen and oxygen atoms in total. The van der Waals surface area contributed by atoms with E-state index in [4.69, 9.17) is 0 Å². The molecular weight excluding hydrogens is 1670 g/mol. The van der Waals surface area contributed by atoms with Gasteiger partial charge < -0.3 is 51.1 Å². The number of hydrogen-bond donors (Lipinski definition) is 5. The summed E-state index contributed by atoms with van der Waals surface area (Å²) >= 11 is 0. The van der Waals surface area contributed by atoms with Crippen molar-refractivity contribution in [3.8, 4) is 0 Å². The van der Waals surface area contributed by atoms with Gasteiger partial charge in [-0.05, 0) is 349 Å². The summed E-state index contributed by atoms with van der Waals surface area (Å²) in [5.41, 5.74) is 36.0. The highest BCUT2D eigenvalue weighted by atomic mass is 15.2. The third-order valence-corrected chi connectivity index (χ3v) is 30.0. The van der Waals surface area contributed by atoms with Crippen LogP contribution in [0.15, 0.2) is 177 Å². The van der Waals surface area contributed by atoms with Gasteiger partial charge in [-0.25, -0.2) is 0 Å². The van der Waals surface area contributed by atoms with Crippen molar-refractivity contribution in [1.29, 1.82) is 0 Å². The minimum Gasteiger partial charge on any atom is -0.371 e. The van der Waals surface area contributed by atoms with Crippen molar-refractivity contribution in [2.24, 2.45) is 0 Å². The summed E-state index contributed by atoms with van der Waals surface area (Å²) in [5, 5.41) is 18.8. The Hall–Kier alpha value is -9.55. The van der Waals surface area contributed by atoms with Gasteiger partial charge in [-0.1, -0.05) is 91.0 Å². The molecule has 10 aliphatic heterocycles. The molecule has 726 valence electrons. The number of hydrogen-bond acceptors (Lipinski definition) is 20. The first-order chi connectivity index (χ1) is 66.4. The molecule has 0 amide bonds. The number of fused-ring (bicyclic) bond motifs is 5. The Morgan fingerprint density at radius 1 is 0.257 bits per heavy atom. The van der Waals surface area contributed by atoms with E-state index < -0.39 is 0 Å². The second-order valence-electron chi connectivity index (χ2n) is 41.7. The van der Waals surface area contributed by atoms with Crippen molar-refractivity contribution < 1.29 is 0 Å². The van der Waals surface area contributed by atoms with Gasteiger partial charge in [0.2, 0.25) is 0 Å². The van der Waals surface area contributed by atoms with Crippen LogP contribution in [0.25, 0.3) is 0 Å². The van der Waals surface area contributed by atoms with Gasteiger partial charge in [0.25, 0.3) is 0 Å². The first kappa shape index (κ1) is 99.5. The summed E-state index contributed by atoms with van der Waals surface area (Å²) in [6.07, 6.45) is 35.6. The Labute approximate surface area is 817 Å². The Bertz CT molecular complexity index is 5050. The molecule has 136 heavy (non-hydrogen) atoms. The second-order valence-corrected chi connectivity index (χ2v) is 41.7. The molecule has 5 aromatic carbocycles. The SMILES string of the molecule is Cc1ccc(CN(C)C[C@H]2Cc3c(cccc3N3CCCCC3)CN2)nc1.Cc1ccc(CN(C)C[C@H]2Cc3c(cccc3N3CCCCC3)CN2)nc1.Cc1ccc(CN(C)C[C@H]2Cc3c(cccc3N3CCCCC3)CN2)nc1.Cc1cccnc1CN(C)C[C@H]1Cc2c(cccc2N2CCCCC2)CN1.Cc1cnc(CN(C)C[C@H]2Cc3c(cccc3N3CCCCC3)CN2)c(C)c1. The molecule has 0 radical (unpaired) electrons. The normalized spacial score (nSPS) is 19.9. The molecule has 0 unspecified atom stereocenters. The van der Waals surface area contributed by atoms with Crippen LogP contribution in [0.1, 0.15) is 214 Å². The van der Waals surface area contributed by atoms with Crippen LogP contribution >= 0.6 is 0 Å². The zero-order valence-corrected chi connectivity index (χ0v) is 84.7. The van der Waals surface area contributed by atoms with E-state index in [0.29, 0.717) is 30.2 Å². The Kier molecular flexibility index (Phi) is 36.4. The van der Waals surface area contributed by atoms with Gasteiger partial charge in [-0.3, -0.25) is 49.4 Å². The molecule has 0 saturated carbocycles. The summed E-state index contributed by atoms with van der Waals surface area (Å²) in [4.78, 5) is 47.9. The van der Waals surface area contributed by atoms with Gasteiger partial charge >= 0.3 is 0 Å². The maximum Gasteiger partial charge on any atom is 0.0573 e. The largest absolute Gasteiger partial charge is 0.371 e. The summed E-state index contributed by atoms with van der Waals surface area (Å²) in [6.45, 7) is 39.5. The third kappa shape index (κ3) is 28.2. The predicted octanol–water partition coefficient (Wildman–Crippen LogP) is 17.9. The molecule has 5 saturated heterocycles. The van der Waals surface area contributed by atoms with Crippen molar-refractivity contribution in [2.75, 3.05) is 158 Å². The number of rotatable bonds is 25. The van der Waals surface area contributed by atoms with Crippen LogP contribution in [0.2, 0.25) is 0 Å². The molecule has 0 bridgehead atoms. The number of nitrogens with zero attached hydrogens (tertiary/aromatic N) is 15. The fourth-order valence-corrected chi connectivity index (χ4v) is 22.7. The maximum absolute atomic E-state index is 4.65. The van der Waals surface area contributed by atoms with E-state index in [9.17, 15) is 0 Å². The summed E-state index contributed by atoms with van der Waals surface area (Å²) < 4.78 is 0. The highest BCUT2D eigenvalue weighted by Crippen LogP contribution is 2.37. The Morgan fingerprint density at radius 2 is 0.507 bits per heavy atom. The van der Waals surface area contributed by atoms with E-state index in [1.54, 1.807) is 27.8 Å². The lowest BCUT2D eigenvalue weighted by atomic mass is 9.92. The number of anilines is 5. The average molecular weight is 1840 g/mol. The number of aryl methyl sites for hydroxylation is 6. The van der Waals surface area contributed by atoms with Crippen LogP contribution in [-0.4, -0.2) is 213 Å². The standard InChI is InChI=1S/C24H34N4.4C23H32N4/c1-18-12-19(2)23(26-14-18)17-27(3)16-21-13-22-20(15-25-21)8-7-9-24(22)28-10-5-4-6-11-28;1-18-8-7-11-24-22(18)17-26(2)16-20-14-21-19(15-25-20)9-6-10-23(21)27-12-4-3-5-13-27;3*1-18-9-10-20(24-14-18)16-26(2)17-21-13-22-19(15-25-21)7-6-8-23(22)27-11-4-3-5-12-27/h7-9,12,14,21,25H,4-6,10-11,13,15-17H2,1-3H3;6-11,20,25H,3-5,12-17H2,1-2H3;3*6-10,14,21,25H,3-5,11-13,15-17H2,1-2H3/t21-;20-;3*21-/m11111/s1. The fourth-order valence-electron chi connectivity index (χ4n) is 22.7. The van der Waals surface area contributed by atoms with E-state index in [1.165, 1.54) is 263 Å². The van der Waals surface area contributed by atoms with Crippen molar-refractivity contribution in [3.05, 3.63) is 294 Å². The fraction of sp³-hybridized carbons (Fsp3) is 0.526. The summed E-state index contributed by atoms with van der Waals surface area (Å²) in [5.74, 6) is 0. The number of pyridine rings is 5. The average Bonchev–Trinajstić information content (AvgIpc) is 0.812. The van der Waals surface area contributed by atoms with Gasteiger partial charge in [-0.2, -0.15) is 0 Å². The second kappa shape index (κ2) is 49.8. The zero-order valence-electron chi connectivity index (χ0n) is 84.7. The maximum atomic E-state index is 4.65. The Morgan fingerprint density at radius 3 is 0.750 bits per heavy atom. The number of likely N-dealkylation sites (N-methyl/N-ethyl adjacent to an activating group) is 5. The molecule has 5 atom stereocenters. The molecule has 5 aromatic heterocycles. The van der Waals surface area contributed by atoms with Gasteiger partial charge in [0, 0.05) is 253 Å². The molecule has 10 aromatic rings. The molecular formula is C116H162N20. The van der Waals surface area contributed by atoms with Crippen LogP contribution < -0.4 is 51.1 Å². The van der Waals surface area contributed by atoms with Crippen LogP contribution in [-0.2, 0) is 97.6 Å². The molecule has 20 heteroatoms. The van der Waals surface area contributed by atoms with Gasteiger partial charge in [0.1, 0.15) is 0 Å². The lowest BCUT2D eigenvalue weighted by Crippen LogP contribution is -2.44. The number of piperidine rings is 5. The quantitative estimate of drug-likeness (QED) is 0.0368. The third-order valence-electron chi connectivity index (χ3n) is 30.0. The monoisotopic (exact) mass is 1840 g/mol. The first-order valence-corrected chi connectivity index (χ1v) is 52.3. The summed E-state index contributed by atoms with van der Waals surface area (Å²) in [6, 6.07) is 56.1. The molecule has 15 heterocycles. The number of nitrogens with one attached hydrogen (secondary N) is 5. The highest BCUT2D eigenvalue weighted by molar-refractivity contribution is 5.63. The minimum atomic E-state index is 0.495. The molecule has 10 aliphatic rings. The van der Waals surface area contributed by atoms with Gasteiger partial charge in [-0.15, -0.1) is 0 Å². The van der Waals surface area contributed by atoms with Crippen LogP contribution in [0.4, 0.5) is 28.4 Å². The molecule has 20 rings (SSSR count). The van der Waals surface area contributed by atoms with E-state index in [2.05, 4.69) is 317 Å². The lowest BCUT2D eigenvalue weighted by Gasteiger charge is -2.35. The van der Waals surface area contributed by atoms with Gasteiger partial charge in [0.15, 0.2) is 0 Å². The minimum absolute atomic E-state index is 0.495. The smallest absolute Gasteiger partial charge is 0.0573 e. The molecule has 5 N–H and O–H groups in total. The molecule has 0 spiro atoms. The zero-order chi connectivity index (χ0) is 94.1. The first-order valence-electron chi connectivity index (χ1n) is 52.3. The van der Waals surface area contributed by atoms with E-state index in [-0.39, 0.29) is 0 Å². The highest BCUT2D eigenvalue weighted by Gasteiger charge is 2.32. The van der Waals surface area contributed by atoms with Crippen LogP contribution in [0.5, 0.6) is 0 Å². The van der Waals surface area contributed by atoms with E-state index >= 15 is 0 Å². The molecule has 5 fully saturated rings. The number of aromatic nitrogens is 5. The predicted molar refractivity (Wildman–Crippen MR) is 565 cm³/mol. The lowest BCUT2D eigenvalue weighted by molar-refractivity contribution is 0.271. The van der Waals surface area contributed by atoms with Crippen molar-refractivity contribution >= 4 is 28.4 Å². The van der Waals surface area contributed by atoms with Crippen molar-refractivity contribution in [3.63, 3.8) is 0 Å². The van der Waals surface area contributed by atoms with E-state index in [1.807, 2.05) is 37.1 Å².